The van der Waals surface area contributed by atoms with E-state index in [-0.39, 0.29) is 23.0 Å². The van der Waals surface area contributed by atoms with Gasteiger partial charge in [-0.25, -0.2) is 0 Å². The molecule has 1 aromatic carbocycles. The summed E-state index contributed by atoms with van der Waals surface area (Å²) < 4.78 is 5.37. The molecule has 4 N–H and O–H groups in total. The molecule has 8 heteroatoms. The molecule has 1 amide bonds. The Kier molecular flexibility index (Phi) is 9.64. The monoisotopic (exact) mass is 417 g/mol. The Morgan fingerprint density at radius 3 is 2.43 bits per heavy atom. The zero-order valence-corrected chi connectivity index (χ0v) is 18.4. The summed E-state index contributed by atoms with van der Waals surface area (Å²) in [5, 5.41) is 23.5. The van der Waals surface area contributed by atoms with Crippen molar-refractivity contribution in [2.45, 2.75) is 33.7 Å². The van der Waals surface area contributed by atoms with Gasteiger partial charge >= 0.3 is 0 Å². The summed E-state index contributed by atoms with van der Waals surface area (Å²) in [4.78, 5) is 25.5. The molecule has 3 rings (SSSR count). The van der Waals surface area contributed by atoms with E-state index in [9.17, 15) is 14.7 Å². The van der Waals surface area contributed by atoms with Crippen LogP contribution in [-0.2, 0) is 11.3 Å². The molecule has 0 saturated heterocycles. The minimum absolute atomic E-state index is 0.0631. The van der Waals surface area contributed by atoms with E-state index in [1.165, 1.54) is 11.0 Å². The fourth-order valence-corrected chi connectivity index (χ4v) is 2.66. The number of carbonyl (C=O) groups is 2. The highest BCUT2D eigenvalue weighted by Crippen LogP contribution is 2.32. The van der Waals surface area contributed by atoms with Gasteiger partial charge in [-0.2, -0.15) is 0 Å². The number of phenols is 1. The molecule has 0 saturated carbocycles. The maximum atomic E-state index is 12.1. The van der Waals surface area contributed by atoms with Crippen molar-refractivity contribution in [3.8, 4) is 5.75 Å². The van der Waals surface area contributed by atoms with Crippen molar-refractivity contribution in [3.05, 3.63) is 58.8 Å². The zero-order valence-electron chi connectivity index (χ0n) is 18.4. The van der Waals surface area contributed by atoms with E-state index >= 15 is 0 Å². The molecule has 1 heterocycles. The Morgan fingerprint density at radius 2 is 1.90 bits per heavy atom. The van der Waals surface area contributed by atoms with Gasteiger partial charge < -0.3 is 30.2 Å². The van der Waals surface area contributed by atoms with E-state index < -0.39 is 0 Å². The van der Waals surface area contributed by atoms with Crippen LogP contribution in [0.15, 0.2) is 46.3 Å². The fourth-order valence-electron chi connectivity index (χ4n) is 2.66. The number of anilines is 1. The van der Waals surface area contributed by atoms with Crippen LogP contribution in [0.2, 0.25) is 0 Å². The van der Waals surface area contributed by atoms with Crippen LogP contribution in [0.25, 0.3) is 0 Å². The number of benzene rings is 1. The summed E-state index contributed by atoms with van der Waals surface area (Å²) >= 11 is 0. The fraction of sp³-hybridized carbons (Fsp3) is 0.364. The minimum Gasteiger partial charge on any atom is -0.505 e. The molecule has 2 aromatic rings. The molecular formula is C22H31N3O5. The first-order valence-electron chi connectivity index (χ1n) is 9.66. The number of nitrogens with zero attached hydrogens (tertiary/aromatic N) is 1. The van der Waals surface area contributed by atoms with Gasteiger partial charge in [0.2, 0.25) is 0 Å². The first-order valence-corrected chi connectivity index (χ1v) is 9.66. The lowest BCUT2D eigenvalue weighted by Gasteiger charge is -2.25. The van der Waals surface area contributed by atoms with Crippen molar-refractivity contribution in [3.63, 3.8) is 0 Å². The van der Waals surface area contributed by atoms with Crippen LogP contribution in [0.1, 0.15) is 41.9 Å². The van der Waals surface area contributed by atoms with E-state index in [0.29, 0.717) is 24.4 Å². The van der Waals surface area contributed by atoms with Gasteiger partial charge in [0.25, 0.3) is 5.91 Å². The van der Waals surface area contributed by atoms with Gasteiger partial charge in [-0.15, -0.1) is 0 Å². The van der Waals surface area contributed by atoms with E-state index in [0.717, 1.165) is 24.1 Å². The Morgan fingerprint density at radius 1 is 1.23 bits per heavy atom. The van der Waals surface area contributed by atoms with Crippen molar-refractivity contribution < 1.29 is 24.2 Å². The molecule has 8 nitrogen and oxygen atoms in total. The molecular weight excluding hydrogens is 386 g/mol. The van der Waals surface area contributed by atoms with Gasteiger partial charge in [0, 0.05) is 26.9 Å². The number of aromatic hydroxyl groups is 1. The SMILES string of the molecule is CC.CO.Cc1coc(CNC2=C(Nc3cccc(C(=O)N(C)C)c3O)C(=O)C2)c1. The Balaban J connectivity index is 0.00000106. The number of nitrogens with one attached hydrogen (secondary N) is 2. The van der Waals surface area contributed by atoms with Crippen molar-refractivity contribution in [1.82, 2.24) is 10.2 Å². The lowest BCUT2D eigenvalue weighted by Crippen LogP contribution is -2.32. The van der Waals surface area contributed by atoms with Crippen LogP contribution in [0.3, 0.4) is 0 Å². The smallest absolute Gasteiger partial charge is 0.257 e. The van der Waals surface area contributed by atoms with Crippen LogP contribution in [0.5, 0.6) is 5.75 Å². The molecule has 0 unspecified atom stereocenters. The highest BCUT2D eigenvalue weighted by atomic mass is 16.3. The lowest BCUT2D eigenvalue weighted by atomic mass is 9.98. The lowest BCUT2D eigenvalue weighted by molar-refractivity contribution is -0.116. The third kappa shape index (κ3) is 5.87. The van der Waals surface area contributed by atoms with Crippen LogP contribution < -0.4 is 10.6 Å². The van der Waals surface area contributed by atoms with Gasteiger partial charge in [0.05, 0.1) is 30.5 Å². The number of ketones is 1. The normalized spacial score (nSPS) is 12.0. The van der Waals surface area contributed by atoms with Crippen molar-refractivity contribution >= 4 is 17.4 Å². The number of para-hydroxylation sites is 1. The van der Waals surface area contributed by atoms with Crippen LogP contribution in [0.4, 0.5) is 5.69 Å². The Labute approximate surface area is 177 Å². The predicted molar refractivity (Wildman–Crippen MR) is 116 cm³/mol. The second-order valence-corrected chi connectivity index (χ2v) is 6.42. The second kappa shape index (κ2) is 11.7. The molecule has 0 atom stereocenters. The van der Waals surface area contributed by atoms with E-state index in [4.69, 9.17) is 9.52 Å². The molecule has 0 aliphatic heterocycles. The number of phenolic OH excluding ortho intramolecular Hbond substituents is 1. The minimum atomic E-state index is -0.313. The maximum Gasteiger partial charge on any atom is 0.257 e. The number of aliphatic hydroxyl groups is 1. The summed E-state index contributed by atoms with van der Waals surface area (Å²) in [7, 11) is 4.22. The number of Topliss-reactive ketones (excluding diaryl/α,β-unsaturated/α-hetero) is 1. The highest BCUT2D eigenvalue weighted by molar-refractivity contribution is 6.07. The molecule has 0 bridgehead atoms. The van der Waals surface area contributed by atoms with Gasteiger partial charge in [0.1, 0.15) is 11.5 Å². The average Bonchev–Trinajstić information content (AvgIpc) is 3.17. The Hall–Kier alpha value is -3.26. The van der Waals surface area contributed by atoms with Gasteiger partial charge in [-0.05, 0) is 30.7 Å². The standard InChI is InChI=1S/C19H21N3O4.C2H6.CH4O/c1-11-7-12(26-10-11)9-20-15-8-16(23)17(15)21-14-6-4-5-13(18(14)24)19(25)22(2)3;2*1-2/h4-7,10,20-21,24H,8-9H2,1-3H3;1-2H3;2H,1H3. The van der Waals surface area contributed by atoms with E-state index in [1.54, 1.807) is 32.5 Å². The van der Waals surface area contributed by atoms with Crippen molar-refractivity contribution in [2.75, 3.05) is 26.5 Å². The first kappa shape index (κ1) is 24.8. The quantitative estimate of drug-likeness (QED) is 0.534. The predicted octanol–water partition coefficient (Wildman–Crippen LogP) is 3.02. The number of hydrogen-bond donors (Lipinski definition) is 4. The zero-order chi connectivity index (χ0) is 22.8. The third-order valence-electron chi connectivity index (χ3n) is 4.11. The number of rotatable bonds is 6. The van der Waals surface area contributed by atoms with Gasteiger partial charge in [-0.1, -0.05) is 19.9 Å². The molecule has 0 radical (unpaired) electrons. The van der Waals surface area contributed by atoms with E-state index in [1.807, 2.05) is 26.8 Å². The third-order valence-corrected chi connectivity index (χ3v) is 4.11. The molecule has 1 aliphatic carbocycles. The maximum absolute atomic E-state index is 12.1. The summed E-state index contributed by atoms with van der Waals surface area (Å²) in [6, 6.07) is 6.73. The molecule has 0 fully saturated rings. The number of furan rings is 1. The van der Waals surface area contributed by atoms with Crippen LogP contribution in [0, 0.1) is 6.92 Å². The van der Waals surface area contributed by atoms with Crippen LogP contribution >= 0.6 is 0 Å². The number of aliphatic hydroxyl groups excluding tert-OH is 1. The summed E-state index contributed by atoms with van der Waals surface area (Å²) in [6.45, 7) is 6.41. The Bertz CT molecular complexity index is 900. The number of allylic oxidation sites excluding steroid dienone is 2. The molecule has 1 aromatic heterocycles. The van der Waals surface area contributed by atoms with Crippen molar-refractivity contribution in [1.29, 1.82) is 0 Å². The number of amides is 1. The average molecular weight is 418 g/mol. The number of aryl methyl sites for hydroxylation is 1. The summed E-state index contributed by atoms with van der Waals surface area (Å²) in [6.07, 6.45) is 1.96. The van der Waals surface area contributed by atoms with Gasteiger partial charge in [-0.3, -0.25) is 9.59 Å². The number of carbonyl (C=O) groups excluding carboxylic acids is 2. The molecule has 1 aliphatic rings. The summed E-state index contributed by atoms with van der Waals surface area (Å²) in [5.74, 6) is 0.216. The van der Waals surface area contributed by atoms with Crippen LogP contribution in [-0.4, -0.2) is 48.0 Å². The molecule has 164 valence electrons. The molecule has 0 spiro atoms. The second-order valence-electron chi connectivity index (χ2n) is 6.42. The summed E-state index contributed by atoms with van der Waals surface area (Å²) in [5.41, 5.74) is 2.65. The highest BCUT2D eigenvalue weighted by Gasteiger charge is 2.28. The molecule has 30 heavy (non-hydrogen) atoms. The largest absolute Gasteiger partial charge is 0.505 e. The first-order chi connectivity index (χ1) is 14.4. The van der Waals surface area contributed by atoms with Gasteiger partial charge in [0.15, 0.2) is 11.5 Å². The van der Waals surface area contributed by atoms with Crippen molar-refractivity contribution in [2.24, 2.45) is 0 Å². The number of hydrogen-bond acceptors (Lipinski definition) is 7. The topological polar surface area (TPSA) is 115 Å². The van der Waals surface area contributed by atoms with E-state index in [2.05, 4.69) is 10.6 Å².